The highest BCUT2D eigenvalue weighted by atomic mass is 16.4. The summed E-state index contributed by atoms with van der Waals surface area (Å²) >= 11 is 0. The van der Waals surface area contributed by atoms with Crippen molar-refractivity contribution < 1.29 is 14.3 Å². The van der Waals surface area contributed by atoms with E-state index in [1.807, 2.05) is 0 Å². The fraction of sp³-hybridized carbons (Fsp3) is 0.438. The molecule has 1 unspecified atom stereocenters. The number of rotatable bonds is 4. The molecule has 1 atom stereocenters. The number of carboxylic acid groups (broad SMARTS) is 1. The average Bonchev–Trinajstić information content (AvgIpc) is 2.86. The standard InChI is InChI=1S/C16H20N2O3/c1-10(16(2,3)4)9-13-17-18-14(21-13)11-7-5-6-8-12(11)15(19)20/h5-8,10H,9H2,1-4H3,(H,19,20). The van der Waals surface area contributed by atoms with Crippen molar-refractivity contribution in [1.29, 1.82) is 0 Å². The van der Waals surface area contributed by atoms with Crippen molar-refractivity contribution in [3.63, 3.8) is 0 Å². The number of nitrogens with zero attached hydrogens (tertiary/aromatic N) is 2. The lowest BCUT2D eigenvalue weighted by Gasteiger charge is -2.25. The second-order valence-electron chi connectivity index (χ2n) is 6.32. The first-order valence-corrected chi connectivity index (χ1v) is 6.94. The van der Waals surface area contributed by atoms with E-state index in [0.29, 0.717) is 23.8 Å². The van der Waals surface area contributed by atoms with Crippen LogP contribution >= 0.6 is 0 Å². The SMILES string of the molecule is CC(Cc1nnc(-c2ccccc2C(=O)O)o1)C(C)(C)C. The number of aromatic nitrogens is 2. The smallest absolute Gasteiger partial charge is 0.336 e. The van der Waals surface area contributed by atoms with Gasteiger partial charge in [0.2, 0.25) is 11.8 Å². The molecule has 5 heteroatoms. The monoisotopic (exact) mass is 288 g/mol. The fourth-order valence-corrected chi connectivity index (χ4v) is 1.87. The Balaban J connectivity index is 2.27. The quantitative estimate of drug-likeness (QED) is 0.929. The Hall–Kier alpha value is -2.17. The number of carboxylic acids is 1. The maximum atomic E-state index is 11.2. The fourth-order valence-electron chi connectivity index (χ4n) is 1.87. The molecular weight excluding hydrogens is 268 g/mol. The van der Waals surface area contributed by atoms with E-state index in [4.69, 9.17) is 4.42 Å². The first-order chi connectivity index (χ1) is 9.79. The van der Waals surface area contributed by atoms with Crippen molar-refractivity contribution in [1.82, 2.24) is 10.2 Å². The first kappa shape index (κ1) is 15.2. The van der Waals surface area contributed by atoms with Gasteiger partial charge in [0.05, 0.1) is 11.1 Å². The lowest BCUT2D eigenvalue weighted by Crippen LogP contribution is -2.19. The van der Waals surface area contributed by atoms with Gasteiger partial charge in [-0.25, -0.2) is 4.79 Å². The van der Waals surface area contributed by atoms with Crippen LogP contribution in [0, 0.1) is 11.3 Å². The summed E-state index contributed by atoms with van der Waals surface area (Å²) in [4.78, 5) is 11.2. The molecule has 0 aliphatic heterocycles. The summed E-state index contributed by atoms with van der Waals surface area (Å²) in [5.41, 5.74) is 0.761. The molecule has 0 amide bonds. The normalized spacial score (nSPS) is 13.1. The Labute approximate surface area is 124 Å². The minimum absolute atomic E-state index is 0.146. The van der Waals surface area contributed by atoms with Gasteiger partial charge in [-0.1, -0.05) is 39.8 Å². The van der Waals surface area contributed by atoms with Gasteiger partial charge >= 0.3 is 5.97 Å². The van der Waals surface area contributed by atoms with Crippen LogP contribution in [-0.2, 0) is 6.42 Å². The van der Waals surface area contributed by atoms with E-state index in [-0.39, 0.29) is 16.9 Å². The Bertz CT molecular complexity index is 641. The summed E-state index contributed by atoms with van der Waals surface area (Å²) in [5, 5.41) is 17.2. The molecule has 0 aliphatic carbocycles. The van der Waals surface area contributed by atoms with E-state index in [0.717, 1.165) is 0 Å². The van der Waals surface area contributed by atoms with Gasteiger partial charge in [-0.3, -0.25) is 0 Å². The highest BCUT2D eigenvalue weighted by Crippen LogP contribution is 2.29. The number of aromatic carboxylic acids is 1. The van der Waals surface area contributed by atoms with E-state index in [1.165, 1.54) is 6.07 Å². The molecule has 0 spiro atoms. The summed E-state index contributed by atoms with van der Waals surface area (Å²) < 4.78 is 5.64. The number of carbonyl (C=O) groups is 1. The molecule has 1 aromatic heterocycles. The molecule has 2 rings (SSSR count). The van der Waals surface area contributed by atoms with Gasteiger partial charge in [0, 0.05) is 6.42 Å². The highest BCUT2D eigenvalue weighted by molar-refractivity contribution is 5.94. The second kappa shape index (κ2) is 5.68. The van der Waals surface area contributed by atoms with Crippen LogP contribution in [0.15, 0.2) is 28.7 Å². The van der Waals surface area contributed by atoms with Crippen LogP contribution < -0.4 is 0 Å². The maximum absolute atomic E-state index is 11.2. The maximum Gasteiger partial charge on any atom is 0.336 e. The Morgan fingerprint density at radius 3 is 2.57 bits per heavy atom. The van der Waals surface area contributed by atoms with Crippen molar-refractivity contribution in [3.8, 4) is 11.5 Å². The second-order valence-corrected chi connectivity index (χ2v) is 6.32. The van der Waals surface area contributed by atoms with Gasteiger partial charge < -0.3 is 9.52 Å². The van der Waals surface area contributed by atoms with Crippen LogP contribution in [-0.4, -0.2) is 21.3 Å². The minimum Gasteiger partial charge on any atom is -0.478 e. The van der Waals surface area contributed by atoms with Crippen LogP contribution in [0.4, 0.5) is 0 Å². The van der Waals surface area contributed by atoms with Gasteiger partial charge in [-0.05, 0) is 23.5 Å². The molecule has 1 aromatic carbocycles. The zero-order chi connectivity index (χ0) is 15.6. The molecule has 1 N–H and O–H groups in total. The number of hydrogen-bond donors (Lipinski definition) is 1. The van der Waals surface area contributed by atoms with Crippen molar-refractivity contribution in [2.24, 2.45) is 11.3 Å². The van der Waals surface area contributed by atoms with E-state index >= 15 is 0 Å². The van der Waals surface area contributed by atoms with Crippen LogP contribution in [0.2, 0.25) is 0 Å². The molecule has 21 heavy (non-hydrogen) atoms. The molecule has 0 saturated heterocycles. The zero-order valence-electron chi connectivity index (χ0n) is 12.8. The predicted octanol–water partition coefficient (Wildman–Crippen LogP) is 3.66. The average molecular weight is 288 g/mol. The van der Waals surface area contributed by atoms with Crippen molar-refractivity contribution in [2.75, 3.05) is 0 Å². The molecular formula is C16H20N2O3. The largest absolute Gasteiger partial charge is 0.478 e. The lowest BCUT2D eigenvalue weighted by atomic mass is 9.80. The predicted molar refractivity (Wildman–Crippen MR) is 79.0 cm³/mol. The third-order valence-corrected chi connectivity index (χ3v) is 3.81. The topological polar surface area (TPSA) is 76.2 Å². The Morgan fingerprint density at radius 1 is 1.29 bits per heavy atom. The van der Waals surface area contributed by atoms with Gasteiger partial charge in [0.15, 0.2) is 0 Å². The van der Waals surface area contributed by atoms with E-state index in [2.05, 4.69) is 37.9 Å². The van der Waals surface area contributed by atoms with Crippen LogP contribution in [0.3, 0.4) is 0 Å². The number of hydrogen-bond acceptors (Lipinski definition) is 4. The lowest BCUT2D eigenvalue weighted by molar-refractivity contribution is 0.0697. The van der Waals surface area contributed by atoms with E-state index in [1.54, 1.807) is 18.2 Å². The summed E-state index contributed by atoms with van der Waals surface area (Å²) in [6.45, 7) is 8.62. The molecule has 0 radical (unpaired) electrons. The zero-order valence-corrected chi connectivity index (χ0v) is 12.8. The summed E-state index contributed by atoms with van der Waals surface area (Å²) in [7, 11) is 0. The van der Waals surface area contributed by atoms with Crippen LogP contribution in [0.1, 0.15) is 43.9 Å². The van der Waals surface area contributed by atoms with Crippen LogP contribution in [0.25, 0.3) is 11.5 Å². The van der Waals surface area contributed by atoms with Gasteiger partial charge in [0.25, 0.3) is 0 Å². The van der Waals surface area contributed by atoms with Crippen molar-refractivity contribution in [2.45, 2.75) is 34.1 Å². The summed E-state index contributed by atoms with van der Waals surface area (Å²) in [6, 6.07) is 6.63. The molecule has 1 heterocycles. The van der Waals surface area contributed by atoms with Gasteiger partial charge in [-0.15, -0.1) is 10.2 Å². The molecule has 0 saturated carbocycles. The molecule has 0 fully saturated rings. The van der Waals surface area contributed by atoms with Crippen molar-refractivity contribution >= 4 is 5.97 Å². The number of benzene rings is 1. The van der Waals surface area contributed by atoms with Gasteiger partial charge in [0.1, 0.15) is 0 Å². The Morgan fingerprint density at radius 2 is 1.95 bits per heavy atom. The Kier molecular flexibility index (Phi) is 4.11. The third kappa shape index (κ3) is 3.48. The van der Waals surface area contributed by atoms with Crippen molar-refractivity contribution in [3.05, 3.63) is 35.7 Å². The highest BCUT2D eigenvalue weighted by Gasteiger charge is 2.23. The molecule has 0 aliphatic rings. The molecule has 5 nitrogen and oxygen atoms in total. The summed E-state index contributed by atoms with van der Waals surface area (Å²) in [5.74, 6) is 0.158. The van der Waals surface area contributed by atoms with Crippen LogP contribution in [0.5, 0.6) is 0 Å². The van der Waals surface area contributed by atoms with E-state index < -0.39 is 5.97 Å². The van der Waals surface area contributed by atoms with E-state index in [9.17, 15) is 9.90 Å². The first-order valence-electron chi connectivity index (χ1n) is 6.94. The van der Waals surface area contributed by atoms with Gasteiger partial charge in [-0.2, -0.15) is 0 Å². The molecule has 0 bridgehead atoms. The third-order valence-electron chi connectivity index (χ3n) is 3.81. The summed E-state index contributed by atoms with van der Waals surface area (Å²) in [6.07, 6.45) is 0.672. The molecule has 112 valence electrons. The minimum atomic E-state index is -1.01. The molecule has 2 aromatic rings.